The normalized spacial score (nSPS) is 10.7. The van der Waals surface area contributed by atoms with E-state index in [2.05, 4.69) is 86.0 Å². The molecule has 2 aromatic rings. The van der Waals surface area contributed by atoms with Gasteiger partial charge in [-0.2, -0.15) is 0 Å². The van der Waals surface area contributed by atoms with Gasteiger partial charge in [0.2, 0.25) is 0 Å². The molecular weight excluding hydrogens is 364 g/mol. The molecule has 2 aromatic carbocycles. The van der Waals surface area contributed by atoms with Gasteiger partial charge in [-0.3, -0.25) is 0 Å². The fourth-order valence-electron chi connectivity index (χ4n) is 2.70. The van der Waals surface area contributed by atoms with Crippen LogP contribution in [-0.4, -0.2) is 26.2 Å². The van der Waals surface area contributed by atoms with Crippen LogP contribution in [0.1, 0.15) is 27.7 Å². The monoisotopic (exact) mass is 392 g/mol. The van der Waals surface area contributed by atoms with Crippen LogP contribution in [0.25, 0.3) is 0 Å². The molecule has 0 fully saturated rings. The average molecular weight is 393 g/mol. The molecular formula is C20H28N2S3. The van der Waals surface area contributed by atoms with Crippen LogP contribution in [0.5, 0.6) is 0 Å². The van der Waals surface area contributed by atoms with Crippen molar-refractivity contribution in [2.75, 3.05) is 36.0 Å². The van der Waals surface area contributed by atoms with Crippen molar-refractivity contribution >= 4 is 42.8 Å². The van der Waals surface area contributed by atoms with Crippen LogP contribution in [0.4, 0.5) is 11.4 Å². The standard InChI is InChI=1S/C20H28N2S3/c1-5-21(6-2)17-9-13-19(14-10-17)23-25-24-20-15-11-18(12-16-20)22(7-3)8-4/h9-16H,5-8H2,1-4H3. The Morgan fingerprint density at radius 1 is 0.560 bits per heavy atom. The fraction of sp³-hybridized carbons (Fsp3) is 0.400. The lowest BCUT2D eigenvalue weighted by Crippen LogP contribution is -2.21. The Hall–Kier alpha value is -0.910. The van der Waals surface area contributed by atoms with Crippen LogP contribution in [0.15, 0.2) is 58.3 Å². The molecule has 0 N–H and O–H groups in total. The zero-order valence-electron chi connectivity index (χ0n) is 15.6. The zero-order valence-corrected chi connectivity index (χ0v) is 18.0. The number of anilines is 2. The van der Waals surface area contributed by atoms with E-state index in [1.54, 1.807) is 0 Å². The van der Waals surface area contributed by atoms with Crippen molar-refractivity contribution in [1.29, 1.82) is 0 Å². The second-order valence-electron chi connectivity index (χ2n) is 5.57. The summed E-state index contributed by atoms with van der Waals surface area (Å²) in [6.07, 6.45) is 0. The third-order valence-electron chi connectivity index (χ3n) is 4.19. The van der Waals surface area contributed by atoms with E-state index in [-0.39, 0.29) is 0 Å². The van der Waals surface area contributed by atoms with Gasteiger partial charge in [-0.15, -0.1) is 0 Å². The first-order valence-electron chi connectivity index (χ1n) is 8.92. The first-order chi connectivity index (χ1) is 12.2. The first-order valence-corrected chi connectivity index (χ1v) is 12.4. The van der Waals surface area contributed by atoms with Gasteiger partial charge >= 0.3 is 0 Å². The SMILES string of the molecule is CCN(CC)c1ccc(SSSc2ccc(N(CC)CC)cc2)cc1. The number of rotatable bonds is 10. The highest BCUT2D eigenvalue weighted by Gasteiger charge is 2.04. The molecule has 5 heteroatoms. The summed E-state index contributed by atoms with van der Waals surface area (Å²) >= 11 is 0. The molecule has 2 rings (SSSR count). The highest BCUT2D eigenvalue weighted by molar-refractivity contribution is 9.09. The highest BCUT2D eigenvalue weighted by Crippen LogP contribution is 2.44. The van der Waals surface area contributed by atoms with Gasteiger partial charge in [0.05, 0.1) is 0 Å². The Morgan fingerprint density at radius 2 is 0.880 bits per heavy atom. The van der Waals surface area contributed by atoms with Crippen molar-refractivity contribution in [1.82, 2.24) is 0 Å². The van der Waals surface area contributed by atoms with Crippen molar-refractivity contribution in [2.24, 2.45) is 0 Å². The second-order valence-corrected chi connectivity index (χ2v) is 9.61. The van der Waals surface area contributed by atoms with Crippen LogP contribution in [0.3, 0.4) is 0 Å². The Balaban J connectivity index is 1.84. The third-order valence-corrected chi connectivity index (χ3v) is 8.04. The summed E-state index contributed by atoms with van der Waals surface area (Å²) in [5, 5.41) is 0. The van der Waals surface area contributed by atoms with Crippen molar-refractivity contribution in [3.8, 4) is 0 Å². The molecule has 2 nitrogen and oxygen atoms in total. The average Bonchev–Trinajstić information content (AvgIpc) is 2.66. The van der Waals surface area contributed by atoms with E-state index >= 15 is 0 Å². The number of nitrogens with zero attached hydrogens (tertiary/aromatic N) is 2. The molecule has 0 saturated carbocycles. The van der Waals surface area contributed by atoms with E-state index in [1.165, 1.54) is 21.2 Å². The largest absolute Gasteiger partial charge is 0.372 e. The van der Waals surface area contributed by atoms with Crippen LogP contribution in [0, 0.1) is 0 Å². The lowest BCUT2D eigenvalue weighted by Gasteiger charge is -2.21. The molecule has 0 saturated heterocycles. The molecule has 0 heterocycles. The first kappa shape index (κ1) is 20.4. The van der Waals surface area contributed by atoms with E-state index in [9.17, 15) is 0 Å². The van der Waals surface area contributed by atoms with Gasteiger partial charge in [-0.05, 0) is 108 Å². The number of hydrogen-bond acceptors (Lipinski definition) is 5. The van der Waals surface area contributed by atoms with E-state index in [4.69, 9.17) is 0 Å². The Kier molecular flexibility index (Phi) is 8.93. The van der Waals surface area contributed by atoms with E-state index in [0.717, 1.165) is 26.2 Å². The lowest BCUT2D eigenvalue weighted by atomic mass is 10.3. The minimum atomic E-state index is 1.05. The predicted molar refractivity (Wildman–Crippen MR) is 119 cm³/mol. The molecule has 0 radical (unpaired) electrons. The summed E-state index contributed by atoms with van der Waals surface area (Å²) in [6, 6.07) is 17.8. The Morgan fingerprint density at radius 3 is 1.16 bits per heavy atom. The van der Waals surface area contributed by atoms with Gasteiger partial charge in [0.15, 0.2) is 0 Å². The van der Waals surface area contributed by atoms with E-state index < -0.39 is 0 Å². The smallest absolute Gasteiger partial charge is 0.0366 e. The molecule has 136 valence electrons. The molecule has 0 aromatic heterocycles. The van der Waals surface area contributed by atoms with Crippen LogP contribution in [-0.2, 0) is 0 Å². The minimum Gasteiger partial charge on any atom is -0.372 e. The third kappa shape index (κ3) is 6.08. The van der Waals surface area contributed by atoms with E-state index in [1.807, 2.05) is 31.4 Å². The summed E-state index contributed by atoms with van der Waals surface area (Å²) in [5.74, 6) is 0. The Bertz CT molecular complexity index is 550. The fourth-order valence-corrected chi connectivity index (χ4v) is 6.34. The van der Waals surface area contributed by atoms with Gasteiger partial charge < -0.3 is 9.80 Å². The van der Waals surface area contributed by atoms with Gasteiger partial charge in [0.25, 0.3) is 0 Å². The summed E-state index contributed by atoms with van der Waals surface area (Å²) < 4.78 is 0. The van der Waals surface area contributed by atoms with Gasteiger partial charge in [-0.25, -0.2) is 0 Å². The maximum absolute atomic E-state index is 2.37. The molecule has 0 aliphatic carbocycles. The summed E-state index contributed by atoms with van der Waals surface area (Å²) in [7, 11) is 5.46. The zero-order chi connectivity index (χ0) is 18.1. The van der Waals surface area contributed by atoms with Gasteiger partial charge in [-0.1, -0.05) is 0 Å². The molecule has 0 aliphatic heterocycles. The molecule has 0 bridgehead atoms. The van der Waals surface area contributed by atoms with Crippen LogP contribution in [0.2, 0.25) is 0 Å². The molecule has 25 heavy (non-hydrogen) atoms. The predicted octanol–water partition coefficient (Wildman–Crippen LogP) is 6.83. The summed E-state index contributed by atoms with van der Waals surface area (Å²) in [5.41, 5.74) is 2.61. The molecule has 0 spiro atoms. The van der Waals surface area contributed by atoms with Crippen molar-refractivity contribution in [3.05, 3.63) is 48.5 Å². The highest BCUT2D eigenvalue weighted by atomic mass is 33.5. The molecule has 0 amide bonds. The van der Waals surface area contributed by atoms with E-state index in [0.29, 0.717) is 0 Å². The number of benzene rings is 2. The van der Waals surface area contributed by atoms with Crippen molar-refractivity contribution in [3.63, 3.8) is 0 Å². The summed E-state index contributed by atoms with van der Waals surface area (Å²) in [6.45, 7) is 13.0. The lowest BCUT2D eigenvalue weighted by molar-refractivity contribution is 0.865. The molecule has 0 unspecified atom stereocenters. The summed E-state index contributed by atoms with van der Waals surface area (Å²) in [4.78, 5) is 7.34. The molecule has 0 atom stereocenters. The maximum atomic E-state index is 2.37. The quantitative estimate of drug-likeness (QED) is 0.408. The molecule has 0 aliphatic rings. The second kappa shape index (κ2) is 10.9. The van der Waals surface area contributed by atoms with Gasteiger partial charge in [0, 0.05) is 47.3 Å². The minimum absolute atomic E-state index is 1.05. The topological polar surface area (TPSA) is 6.48 Å². The van der Waals surface area contributed by atoms with Crippen LogP contribution < -0.4 is 9.80 Å². The van der Waals surface area contributed by atoms with Gasteiger partial charge in [0.1, 0.15) is 0 Å². The van der Waals surface area contributed by atoms with Crippen LogP contribution >= 0.6 is 31.4 Å². The Labute approximate surface area is 164 Å². The maximum Gasteiger partial charge on any atom is 0.0366 e. The van der Waals surface area contributed by atoms with Crippen molar-refractivity contribution < 1.29 is 0 Å². The van der Waals surface area contributed by atoms with Crippen molar-refractivity contribution in [2.45, 2.75) is 37.5 Å². The number of hydrogen-bond donors (Lipinski definition) is 0.